The Balaban J connectivity index is 2.27. The van der Waals surface area contributed by atoms with Crippen LogP contribution < -0.4 is 0 Å². The van der Waals surface area contributed by atoms with Crippen LogP contribution in [0.5, 0.6) is 0 Å². The van der Waals surface area contributed by atoms with Crippen molar-refractivity contribution in [3.63, 3.8) is 0 Å². The highest BCUT2D eigenvalue weighted by atomic mass is 16.6. The summed E-state index contributed by atoms with van der Waals surface area (Å²) in [6, 6.07) is 8.62. The van der Waals surface area contributed by atoms with Crippen LogP contribution in [0.2, 0.25) is 0 Å². The van der Waals surface area contributed by atoms with Gasteiger partial charge in [0, 0.05) is 0 Å². The average Bonchev–Trinajstić information content (AvgIpc) is 2.65. The number of amides is 2. The molecule has 1 aromatic rings. The molecule has 1 heterocycles. The monoisotopic (exact) mass is 233 g/mol. The van der Waals surface area contributed by atoms with Crippen molar-refractivity contribution in [2.75, 3.05) is 0 Å². The van der Waals surface area contributed by atoms with Crippen LogP contribution in [0.4, 0.5) is 4.79 Å². The maximum atomic E-state index is 11.5. The first-order chi connectivity index (χ1) is 8.15. The van der Waals surface area contributed by atoms with Gasteiger partial charge in [-0.15, -0.1) is 0 Å². The number of carbonyl (C=O) groups excluding carboxylic acids is 3. The predicted molar refractivity (Wildman–Crippen MR) is 58.0 cm³/mol. The first-order valence-electron chi connectivity index (χ1n) is 5.19. The lowest BCUT2D eigenvalue weighted by Crippen LogP contribution is -2.38. The maximum absolute atomic E-state index is 11.5. The second kappa shape index (κ2) is 4.37. The van der Waals surface area contributed by atoms with Crippen molar-refractivity contribution in [2.45, 2.75) is 19.1 Å². The van der Waals surface area contributed by atoms with Gasteiger partial charge in [0.05, 0.1) is 6.04 Å². The summed E-state index contributed by atoms with van der Waals surface area (Å²) in [7, 11) is 0. The minimum Gasteiger partial charge on any atom is -0.439 e. The van der Waals surface area contributed by atoms with Gasteiger partial charge in [-0.25, -0.2) is 9.69 Å². The Bertz CT molecular complexity index is 457. The summed E-state index contributed by atoms with van der Waals surface area (Å²) in [5.41, 5.74) is 0.801. The first-order valence-corrected chi connectivity index (χ1v) is 5.19. The van der Waals surface area contributed by atoms with Crippen LogP contribution in [0.1, 0.15) is 18.6 Å². The quantitative estimate of drug-likeness (QED) is 0.570. The number of imide groups is 1. The number of hydrogen-bond acceptors (Lipinski definition) is 4. The molecule has 5 nitrogen and oxygen atoms in total. The van der Waals surface area contributed by atoms with Crippen LogP contribution in [-0.2, 0) is 14.3 Å². The van der Waals surface area contributed by atoms with Crippen molar-refractivity contribution in [1.82, 2.24) is 4.90 Å². The number of benzene rings is 1. The summed E-state index contributed by atoms with van der Waals surface area (Å²) in [5, 5.41) is 0. The lowest BCUT2D eigenvalue weighted by atomic mass is 10.0. The fraction of sp³-hybridized carbons (Fsp3) is 0.250. The average molecular weight is 233 g/mol. The molecule has 0 spiro atoms. The van der Waals surface area contributed by atoms with Crippen LogP contribution in [0, 0.1) is 0 Å². The molecular formula is C12H11NO4. The van der Waals surface area contributed by atoms with Crippen molar-refractivity contribution in [3.05, 3.63) is 35.9 Å². The second-order valence-corrected chi connectivity index (χ2v) is 3.78. The zero-order chi connectivity index (χ0) is 12.4. The Morgan fingerprint density at radius 1 is 1.35 bits per heavy atom. The van der Waals surface area contributed by atoms with Gasteiger partial charge in [-0.1, -0.05) is 30.3 Å². The van der Waals surface area contributed by atoms with E-state index < -0.39 is 24.1 Å². The number of carbonyl (C=O) groups is 3. The van der Waals surface area contributed by atoms with E-state index in [0.717, 1.165) is 10.5 Å². The summed E-state index contributed by atoms with van der Waals surface area (Å²) < 4.78 is 5.10. The fourth-order valence-electron chi connectivity index (χ4n) is 1.90. The molecule has 5 heteroatoms. The second-order valence-electron chi connectivity index (χ2n) is 3.78. The van der Waals surface area contributed by atoms with Crippen LogP contribution in [0.25, 0.3) is 0 Å². The molecule has 0 radical (unpaired) electrons. The SMILES string of the molecule is C[C@@H]1[C@H](c2ccccc2)OC(=O)N1C(=O)C=O. The zero-order valence-electron chi connectivity index (χ0n) is 9.20. The van der Waals surface area contributed by atoms with Crippen molar-refractivity contribution in [1.29, 1.82) is 0 Å². The summed E-state index contributed by atoms with van der Waals surface area (Å²) in [6.45, 7) is 1.67. The fourth-order valence-corrected chi connectivity index (χ4v) is 1.90. The molecule has 1 saturated heterocycles. The highest BCUT2D eigenvalue weighted by Gasteiger charge is 2.43. The van der Waals surface area contributed by atoms with E-state index in [1.165, 1.54) is 0 Å². The van der Waals surface area contributed by atoms with Crippen molar-refractivity contribution in [2.24, 2.45) is 0 Å². The van der Waals surface area contributed by atoms with Crippen LogP contribution >= 0.6 is 0 Å². The molecule has 17 heavy (non-hydrogen) atoms. The molecule has 2 amide bonds. The third-order valence-electron chi connectivity index (χ3n) is 2.74. The van der Waals surface area contributed by atoms with Crippen molar-refractivity contribution >= 4 is 18.3 Å². The van der Waals surface area contributed by atoms with Gasteiger partial charge in [-0.2, -0.15) is 0 Å². The van der Waals surface area contributed by atoms with Crippen molar-refractivity contribution < 1.29 is 19.1 Å². The molecule has 1 aliphatic heterocycles. The van der Waals surface area contributed by atoms with E-state index in [-0.39, 0.29) is 6.29 Å². The van der Waals surface area contributed by atoms with Gasteiger partial charge in [0.15, 0.2) is 0 Å². The van der Waals surface area contributed by atoms with E-state index in [4.69, 9.17) is 4.74 Å². The zero-order valence-corrected chi connectivity index (χ0v) is 9.20. The van der Waals surface area contributed by atoms with E-state index >= 15 is 0 Å². The lowest BCUT2D eigenvalue weighted by Gasteiger charge is -2.16. The molecule has 0 aromatic heterocycles. The van der Waals surface area contributed by atoms with E-state index in [1.807, 2.05) is 30.3 Å². The normalized spacial score (nSPS) is 23.4. The molecule has 0 bridgehead atoms. The van der Waals surface area contributed by atoms with Gasteiger partial charge < -0.3 is 4.74 Å². The molecular weight excluding hydrogens is 222 g/mol. The largest absolute Gasteiger partial charge is 0.439 e. The highest BCUT2D eigenvalue weighted by Crippen LogP contribution is 2.31. The summed E-state index contributed by atoms with van der Waals surface area (Å²) >= 11 is 0. The molecule has 0 unspecified atom stereocenters. The number of hydrogen-bond donors (Lipinski definition) is 0. The molecule has 88 valence electrons. The molecule has 2 rings (SSSR count). The van der Waals surface area contributed by atoms with E-state index in [9.17, 15) is 14.4 Å². The van der Waals surface area contributed by atoms with Gasteiger partial charge in [-0.05, 0) is 12.5 Å². The minimum absolute atomic E-state index is 0.116. The Hall–Kier alpha value is -2.17. The molecule has 2 atom stereocenters. The molecule has 0 aliphatic carbocycles. The standard InChI is InChI=1S/C12H11NO4/c1-8-11(9-5-3-2-4-6-9)17-12(16)13(8)10(15)7-14/h2-8,11H,1H3/t8-,11-/m1/s1. The molecule has 0 N–H and O–H groups in total. The summed E-state index contributed by atoms with van der Waals surface area (Å²) in [4.78, 5) is 34.0. The molecule has 1 aromatic carbocycles. The van der Waals surface area contributed by atoms with Gasteiger partial charge in [-0.3, -0.25) is 9.59 Å². The molecule has 0 saturated carbocycles. The third-order valence-corrected chi connectivity index (χ3v) is 2.74. The molecule has 1 fully saturated rings. The number of rotatable bonds is 2. The highest BCUT2D eigenvalue weighted by molar-refractivity contribution is 6.27. The van der Waals surface area contributed by atoms with E-state index in [1.54, 1.807) is 6.92 Å². The van der Waals surface area contributed by atoms with Gasteiger partial charge >= 0.3 is 6.09 Å². The number of nitrogens with zero attached hydrogens (tertiary/aromatic N) is 1. The topological polar surface area (TPSA) is 63.7 Å². The Labute approximate surface area is 98.0 Å². The maximum Gasteiger partial charge on any atom is 0.417 e. The number of cyclic esters (lactones) is 1. The molecule has 1 aliphatic rings. The van der Waals surface area contributed by atoms with Crippen molar-refractivity contribution in [3.8, 4) is 0 Å². The smallest absolute Gasteiger partial charge is 0.417 e. The van der Waals surface area contributed by atoms with Crippen LogP contribution in [-0.4, -0.2) is 29.2 Å². The van der Waals surface area contributed by atoms with E-state index in [0.29, 0.717) is 0 Å². The Morgan fingerprint density at radius 2 is 2.00 bits per heavy atom. The van der Waals surface area contributed by atoms with Gasteiger partial charge in [0.2, 0.25) is 6.29 Å². The Morgan fingerprint density at radius 3 is 2.59 bits per heavy atom. The van der Waals surface area contributed by atoms with Crippen LogP contribution in [0.3, 0.4) is 0 Å². The minimum atomic E-state index is -0.874. The third kappa shape index (κ3) is 1.91. The van der Waals surface area contributed by atoms with Gasteiger partial charge in [0.1, 0.15) is 6.10 Å². The lowest BCUT2D eigenvalue weighted by molar-refractivity contribution is -0.137. The Kier molecular flexibility index (Phi) is 2.91. The summed E-state index contributed by atoms with van der Waals surface area (Å²) in [6.07, 6.45) is -1.18. The first kappa shape index (κ1) is 11.3. The predicted octanol–water partition coefficient (Wildman–Crippen LogP) is 1.29. The number of ether oxygens (including phenoxy) is 1. The number of aldehydes is 1. The summed E-state index contributed by atoms with van der Waals surface area (Å²) in [5.74, 6) is -0.874. The van der Waals surface area contributed by atoms with E-state index in [2.05, 4.69) is 0 Å². The van der Waals surface area contributed by atoms with Gasteiger partial charge in [0.25, 0.3) is 5.91 Å². The van der Waals surface area contributed by atoms with Crippen LogP contribution in [0.15, 0.2) is 30.3 Å².